The molecule has 4 heteroatoms. The van der Waals surface area contributed by atoms with Crippen molar-refractivity contribution in [2.45, 2.75) is 45.2 Å². The second-order valence-electron chi connectivity index (χ2n) is 6.34. The van der Waals surface area contributed by atoms with E-state index in [0.29, 0.717) is 5.41 Å². The summed E-state index contributed by atoms with van der Waals surface area (Å²) >= 11 is 0. The van der Waals surface area contributed by atoms with Crippen LogP contribution in [-0.2, 0) is 13.1 Å². The van der Waals surface area contributed by atoms with Crippen LogP contribution >= 0.6 is 0 Å². The molecule has 1 N–H and O–H groups in total. The zero-order valence-electron chi connectivity index (χ0n) is 12.1. The van der Waals surface area contributed by atoms with Crippen LogP contribution in [0.15, 0.2) is 12.4 Å². The van der Waals surface area contributed by atoms with E-state index in [2.05, 4.69) is 33.0 Å². The first-order valence-corrected chi connectivity index (χ1v) is 7.68. The lowest BCUT2D eigenvalue weighted by Gasteiger charge is -2.42. The Kier molecular flexibility index (Phi) is 3.89. The van der Waals surface area contributed by atoms with Crippen molar-refractivity contribution >= 4 is 0 Å². The fourth-order valence-electron chi connectivity index (χ4n) is 3.90. The predicted octanol–water partition coefficient (Wildman–Crippen LogP) is 1.87. The molecule has 0 aromatic carbocycles. The minimum Gasteiger partial charge on any atom is -0.333 e. The van der Waals surface area contributed by atoms with Crippen molar-refractivity contribution in [3.8, 4) is 0 Å². The number of imidazole rings is 1. The molecule has 0 amide bonds. The average Bonchev–Trinajstić information content (AvgIpc) is 2.87. The maximum Gasteiger partial charge on any atom is 0.122 e. The van der Waals surface area contributed by atoms with Crippen LogP contribution in [-0.4, -0.2) is 41.1 Å². The summed E-state index contributed by atoms with van der Waals surface area (Å²) in [7, 11) is 2.10. The molecule has 3 rings (SSSR count). The normalized spacial score (nSPS) is 23.2. The molecule has 0 spiro atoms. The summed E-state index contributed by atoms with van der Waals surface area (Å²) in [6.45, 7) is 5.71. The van der Waals surface area contributed by atoms with Gasteiger partial charge < -0.3 is 9.88 Å². The van der Waals surface area contributed by atoms with Crippen molar-refractivity contribution in [1.29, 1.82) is 0 Å². The van der Waals surface area contributed by atoms with Gasteiger partial charge in [-0.2, -0.15) is 0 Å². The van der Waals surface area contributed by atoms with E-state index in [1.807, 2.05) is 6.20 Å². The summed E-state index contributed by atoms with van der Waals surface area (Å²) in [6, 6.07) is 0. The minimum absolute atomic E-state index is 0.502. The molecular formula is C15H26N4. The van der Waals surface area contributed by atoms with Gasteiger partial charge in [0.1, 0.15) is 5.82 Å². The number of nitrogens with zero attached hydrogens (tertiary/aromatic N) is 3. The predicted molar refractivity (Wildman–Crippen MR) is 76.9 cm³/mol. The molecule has 0 radical (unpaired) electrons. The zero-order valence-corrected chi connectivity index (χ0v) is 12.1. The summed E-state index contributed by atoms with van der Waals surface area (Å²) in [5.74, 6) is 1.24. The van der Waals surface area contributed by atoms with Gasteiger partial charge in [-0.1, -0.05) is 19.3 Å². The van der Waals surface area contributed by atoms with Gasteiger partial charge in [0, 0.05) is 38.6 Å². The molecule has 1 aromatic rings. The molecule has 4 nitrogen and oxygen atoms in total. The lowest BCUT2D eigenvalue weighted by Crippen LogP contribution is -2.46. The van der Waals surface area contributed by atoms with Crippen molar-refractivity contribution in [3.63, 3.8) is 0 Å². The van der Waals surface area contributed by atoms with E-state index in [1.165, 1.54) is 51.0 Å². The SMILES string of the molecule is CNCC1(CN2CCn3ccnc3C2)CCCCC1. The lowest BCUT2D eigenvalue weighted by molar-refractivity contribution is 0.0860. The van der Waals surface area contributed by atoms with Gasteiger partial charge in [0.25, 0.3) is 0 Å². The summed E-state index contributed by atoms with van der Waals surface area (Å²) in [4.78, 5) is 7.09. The maximum atomic E-state index is 4.47. The molecule has 0 unspecified atom stereocenters. The Bertz CT molecular complexity index is 401. The maximum absolute atomic E-state index is 4.47. The average molecular weight is 262 g/mol. The van der Waals surface area contributed by atoms with Crippen molar-refractivity contribution in [2.75, 3.05) is 26.7 Å². The standard InChI is InChI=1S/C15H26N4/c1-16-12-15(5-3-2-4-6-15)13-18-9-10-19-8-7-17-14(19)11-18/h7-8,16H,2-6,9-13H2,1H3. The van der Waals surface area contributed by atoms with Crippen molar-refractivity contribution in [1.82, 2.24) is 19.8 Å². The third kappa shape index (κ3) is 2.84. The van der Waals surface area contributed by atoms with Gasteiger partial charge in [0.15, 0.2) is 0 Å². The molecule has 19 heavy (non-hydrogen) atoms. The highest BCUT2D eigenvalue weighted by molar-refractivity contribution is 4.97. The van der Waals surface area contributed by atoms with E-state index < -0.39 is 0 Å². The zero-order chi connectivity index (χ0) is 13.1. The molecule has 1 aromatic heterocycles. The van der Waals surface area contributed by atoms with Gasteiger partial charge in [0.05, 0.1) is 6.54 Å². The molecule has 2 heterocycles. The third-order valence-corrected chi connectivity index (χ3v) is 4.85. The van der Waals surface area contributed by atoms with Crippen molar-refractivity contribution < 1.29 is 0 Å². The summed E-state index contributed by atoms with van der Waals surface area (Å²) in [5, 5.41) is 3.43. The van der Waals surface area contributed by atoms with Crippen LogP contribution < -0.4 is 5.32 Å². The highest BCUT2D eigenvalue weighted by Crippen LogP contribution is 2.37. The minimum atomic E-state index is 0.502. The first-order chi connectivity index (χ1) is 9.31. The fraction of sp³-hybridized carbons (Fsp3) is 0.800. The van der Waals surface area contributed by atoms with Crippen LogP contribution in [0.25, 0.3) is 0 Å². The molecule has 1 aliphatic carbocycles. The van der Waals surface area contributed by atoms with Gasteiger partial charge in [-0.3, -0.25) is 4.90 Å². The van der Waals surface area contributed by atoms with Crippen LogP contribution in [0, 0.1) is 5.41 Å². The highest BCUT2D eigenvalue weighted by atomic mass is 15.2. The molecule has 1 aliphatic heterocycles. The van der Waals surface area contributed by atoms with Gasteiger partial charge in [0.2, 0.25) is 0 Å². The molecule has 0 saturated heterocycles. The van der Waals surface area contributed by atoms with E-state index in [1.54, 1.807) is 0 Å². The first-order valence-electron chi connectivity index (χ1n) is 7.68. The van der Waals surface area contributed by atoms with Crippen LogP contribution in [0.1, 0.15) is 37.9 Å². The topological polar surface area (TPSA) is 33.1 Å². The molecule has 0 atom stereocenters. The number of nitrogens with one attached hydrogen (secondary N) is 1. The molecule has 2 aliphatic rings. The van der Waals surface area contributed by atoms with Gasteiger partial charge in [-0.15, -0.1) is 0 Å². The van der Waals surface area contributed by atoms with E-state index in [4.69, 9.17) is 0 Å². The van der Waals surface area contributed by atoms with Crippen LogP contribution in [0.4, 0.5) is 0 Å². The third-order valence-electron chi connectivity index (χ3n) is 4.85. The first kappa shape index (κ1) is 13.1. The quantitative estimate of drug-likeness (QED) is 0.899. The van der Waals surface area contributed by atoms with Gasteiger partial charge in [-0.25, -0.2) is 4.98 Å². The second kappa shape index (κ2) is 5.63. The Hall–Kier alpha value is -0.870. The Labute approximate surface area is 116 Å². The smallest absolute Gasteiger partial charge is 0.122 e. The molecule has 106 valence electrons. The Morgan fingerprint density at radius 1 is 1.26 bits per heavy atom. The largest absolute Gasteiger partial charge is 0.333 e. The van der Waals surface area contributed by atoms with E-state index in [0.717, 1.165) is 19.6 Å². The lowest BCUT2D eigenvalue weighted by atomic mass is 9.73. The number of hydrogen-bond donors (Lipinski definition) is 1. The summed E-state index contributed by atoms with van der Waals surface area (Å²) < 4.78 is 2.29. The Morgan fingerprint density at radius 3 is 2.89 bits per heavy atom. The van der Waals surface area contributed by atoms with E-state index in [9.17, 15) is 0 Å². The number of hydrogen-bond acceptors (Lipinski definition) is 3. The van der Waals surface area contributed by atoms with E-state index >= 15 is 0 Å². The molecule has 1 saturated carbocycles. The summed E-state index contributed by atoms with van der Waals surface area (Å²) in [6.07, 6.45) is 11.1. The molecular weight excluding hydrogens is 236 g/mol. The second-order valence-corrected chi connectivity index (χ2v) is 6.34. The van der Waals surface area contributed by atoms with Crippen LogP contribution in [0.5, 0.6) is 0 Å². The monoisotopic (exact) mass is 262 g/mol. The number of aromatic nitrogens is 2. The van der Waals surface area contributed by atoms with E-state index in [-0.39, 0.29) is 0 Å². The van der Waals surface area contributed by atoms with Crippen LogP contribution in [0.3, 0.4) is 0 Å². The van der Waals surface area contributed by atoms with Crippen molar-refractivity contribution in [3.05, 3.63) is 18.2 Å². The molecule has 1 fully saturated rings. The van der Waals surface area contributed by atoms with Gasteiger partial charge >= 0.3 is 0 Å². The van der Waals surface area contributed by atoms with Crippen LogP contribution in [0.2, 0.25) is 0 Å². The summed E-state index contributed by atoms with van der Waals surface area (Å²) in [5.41, 5.74) is 0.502. The Balaban J connectivity index is 1.66. The number of fused-ring (bicyclic) bond motifs is 1. The van der Waals surface area contributed by atoms with Gasteiger partial charge in [-0.05, 0) is 25.3 Å². The highest BCUT2D eigenvalue weighted by Gasteiger charge is 2.34. The number of rotatable bonds is 4. The fourth-order valence-corrected chi connectivity index (χ4v) is 3.90. The molecule has 0 bridgehead atoms. The van der Waals surface area contributed by atoms with Crippen molar-refractivity contribution in [2.24, 2.45) is 5.41 Å². The Morgan fingerprint density at radius 2 is 2.11 bits per heavy atom.